The second kappa shape index (κ2) is 6.94. The second-order valence-electron chi connectivity index (χ2n) is 7.07. The second-order valence-corrected chi connectivity index (χ2v) is 8.69. The number of piperidine rings is 1. The molecule has 1 heterocycles. The molecule has 6 heteroatoms. The summed E-state index contributed by atoms with van der Waals surface area (Å²) >= 11 is 0. The molecule has 1 atom stereocenters. The lowest BCUT2D eigenvalue weighted by Crippen LogP contribution is -2.57. The van der Waals surface area contributed by atoms with Gasteiger partial charge in [0.2, 0.25) is 0 Å². The summed E-state index contributed by atoms with van der Waals surface area (Å²) in [5, 5.41) is 3.37. The highest BCUT2D eigenvalue weighted by molar-refractivity contribution is 7.87. The van der Waals surface area contributed by atoms with Crippen LogP contribution < -0.4 is 10.0 Å². The Bertz CT molecular complexity index is 432. The lowest BCUT2D eigenvalue weighted by molar-refractivity contribution is 0.237. The number of nitrogens with one attached hydrogen (secondary N) is 2. The molecule has 1 aliphatic heterocycles. The molecule has 2 fully saturated rings. The van der Waals surface area contributed by atoms with Gasteiger partial charge in [0.1, 0.15) is 0 Å². The van der Waals surface area contributed by atoms with E-state index in [9.17, 15) is 8.42 Å². The molecule has 1 saturated carbocycles. The largest absolute Gasteiger partial charge is 0.315 e. The van der Waals surface area contributed by atoms with Crippen LogP contribution in [0.3, 0.4) is 0 Å². The Morgan fingerprint density at radius 1 is 1.19 bits per heavy atom. The predicted octanol–water partition coefficient (Wildman–Crippen LogP) is 1.86. The van der Waals surface area contributed by atoms with Crippen molar-refractivity contribution in [3.63, 3.8) is 0 Å². The minimum absolute atomic E-state index is 0.0952. The molecular formula is C15H31N3O2S. The molecule has 2 N–H and O–H groups in total. The minimum Gasteiger partial charge on any atom is -0.315 e. The summed E-state index contributed by atoms with van der Waals surface area (Å²) in [6, 6.07) is 0.0952. The molecule has 5 nitrogen and oxygen atoms in total. The third-order valence-corrected chi connectivity index (χ3v) is 6.56. The maximum atomic E-state index is 12.8. The van der Waals surface area contributed by atoms with E-state index in [0.29, 0.717) is 12.5 Å². The predicted molar refractivity (Wildman–Crippen MR) is 86.4 cm³/mol. The third kappa shape index (κ3) is 4.65. The van der Waals surface area contributed by atoms with Gasteiger partial charge in [-0.05, 0) is 58.4 Å². The Morgan fingerprint density at radius 3 is 2.52 bits per heavy atom. The van der Waals surface area contributed by atoms with E-state index in [-0.39, 0.29) is 11.6 Å². The summed E-state index contributed by atoms with van der Waals surface area (Å²) in [4.78, 5) is 0. The molecular weight excluding hydrogens is 286 g/mol. The van der Waals surface area contributed by atoms with Crippen LogP contribution in [0.25, 0.3) is 0 Å². The van der Waals surface area contributed by atoms with Crippen molar-refractivity contribution in [1.29, 1.82) is 0 Å². The molecule has 0 amide bonds. The van der Waals surface area contributed by atoms with Crippen molar-refractivity contribution in [1.82, 2.24) is 14.3 Å². The number of rotatable bonds is 8. The van der Waals surface area contributed by atoms with Gasteiger partial charge in [0, 0.05) is 24.7 Å². The van der Waals surface area contributed by atoms with Crippen molar-refractivity contribution in [2.45, 2.75) is 70.9 Å². The molecule has 124 valence electrons. The topological polar surface area (TPSA) is 61.4 Å². The van der Waals surface area contributed by atoms with Crippen LogP contribution in [-0.2, 0) is 10.2 Å². The van der Waals surface area contributed by atoms with E-state index < -0.39 is 10.2 Å². The number of nitrogens with zero attached hydrogens (tertiary/aromatic N) is 1. The van der Waals surface area contributed by atoms with Gasteiger partial charge in [0.15, 0.2) is 0 Å². The Morgan fingerprint density at radius 2 is 1.90 bits per heavy atom. The summed E-state index contributed by atoms with van der Waals surface area (Å²) in [5.74, 6) is 0.494. The van der Waals surface area contributed by atoms with Crippen molar-refractivity contribution >= 4 is 10.2 Å². The monoisotopic (exact) mass is 317 g/mol. The minimum atomic E-state index is -3.39. The summed E-state index contributed by atoms with van der Waals surface area (Å²) in [6.45, 7) is 8.51. The van der Waals surface area contributed by atoms with Gasteiger partial charge in [-0.2, -0.15) is 17.4 Å². The average Bonchev–Trinajstić information content (AvgIpc) is 3.23. The fraction of sp³-hybridized carbons (Fsp3) is 1.00. The number of hydrogen-bond acceptors (Lipinski definition) is 3. The van der Waals surface area contributed by atoms with Crippen molar-refractivity contribution < 1.29 is 8.42 Å². The van der Waals surface area contributed by atoms with Crippen LogP contribution in [0.15, 0.2) is 0 Å². The molecule has 1 aliphatic carbocycles. The Balaban J connectivity index is 2.00. The first-order valence-corrected chi connectivity index (χ1v) is 9.82. The highest BCUT2D eigenvalue weighted by Crippen LogP contribution is 2.39. The first-order valence-electron chi connectivity index (χ1n) is 8.38. The van der Waals surface area contributed by atoms with E-state index in [1.807, 2.05) is 13.8 Å². The summed E-state index contributed by atoms with van der Waals surface area (Å²) < 4.78 is 30.2. The fourth-order valence-electron chi connectivity index (χ4n) is 3.22. The Labute approximate surface area is 130 Å². The van der Waals surface area contributed by atoms with Gasteiger partial charge >= 0.3 is 0 Å². The quantitative estimate of drug-likeness (QED) is 0.672. The smallest absolute Gasteiger partial charge is 0.280 e. The van der Waals surface area contributed by atoms with Crippen molar-refractivity contribution in [2.75, 3.05) is 19.6 Å². The Kier molecular flexibility index (Phi) is 5.68. The van der Waals surface area contributed by atoms with E-state index in [1.165, 1.54) is 0 Å². The molecule has 0 aromatic carbocycles. The highest BCUT2D eigenvalue weighted by Gasteiger charge is 2.43. The van der Waals surface area contributed by atoms with Gasteiger partial charge < -0.3 is 5.32 Å². The molecule has 1 unspecified atom stereocenters. The molecule has 2 rings (SSSR count). The Hall–Kier alpha value is -0.170. The summed E-state index contributed by atoms with van der Waals surface area (Å²) in [7, 11) is -3.39. The van der Waals surface area contributed by atoms with Gasteiger partial charge in [-0.15, -0.1) is 0 Å². The van der Waals surface area contributed by atoms with Crippen LogP contribution in [0.5, 0.6) is 0 Å². The zero-order valence-electron chi connectivity index (χ0n) is 13.7. The zero-order chi connectivity index (χ0) is 15.5. The van der Waals surface area contributed by atoms with Gasteiger partial charge in [0.05, 0.1) is 0 Å². The van der Waals surface area contributed by atoms with E-state index in [4.69, 9.17) is 0 Å². The van der Waals surface area contributed by atoms with E-state index in [0.717, 1.165) is 51.6 Å². The molecule has 21 heavy (non-hydrogen) atoms. The molecule has 0 radical (unpaired) electrons. The normalized spacial score (nSPS) is 25.2. The summed E-state index contributed by atoms with van der Waals surface area (Å²) in [5.41, 5.74) is -0.322. The molecule has 1 saturated heterocycles. The van der Waals surface area contributed by atoms with Crippen LogP contribution in [0, 0.1) is 5.92 Å². The lowest BCUT2D eigenvalue weighted by atomic mass is 10.0. The maximum Gasteiger partial charge on any atom is 0.280 e. The zero-order valence-corrected chi connectivity index (χ0v) is 14.5. The third-order valence-electron chi connectivity index (χ3n) is 4.68. The van der Waals surface area contributed by atoms with Gasteiger partial charge in [-0.1, -0.05) is 13.3 Å². The van der Waals surface area contributed by atoms with Gasteiger partial charge in [-0.25, -0.2) is 0 Å². The first kappa shape index (κ1) is 17.2. The van der Waals surface area contributed by atoms with E-state index in [2.05, 4.69) is 17.0 Å². The average molecular weight is 317 g/mol. The number of hydrogen-bond donors (Lipinski definition) is 2. The maximum absolute atomic E-state index is 12.8. The van der Waals surface area contributed by atoms with Crippen LogP contribution >= 0.6 is 0 Å². The standard InChI is InChI=1S/C15H31N3O2S/c1-4-10-16-12-14-7-5-6-11-18(14)21(19,20)17-15(2,3)13-8-9-13/h13-14,16-17H,4-12H2,1-3H3. The summed E-state index contributed by atoms with van der Waals surface area (Å²) in [6.07, 6.45) is 6.40. The van der Waals surface area contributed by atoms with Crippen LogP contribution in [-0.4, -0.2) is 43.9 Å². The SMILES string of the molecule is CCCNCC1CCCCN1S(=O)(=O)NC(C)(C)C1CC1. The van der Waals surface area contributed by atoms with E-state index in [1.54, 1.807) is 4.31 Å². The van der Waals surface area contributed by atoms with Crippen molar-refractivity contribution in [3.8, 4) is 0 Å². The van der Waals surface area contributed by atoms with Crippen LogP contribution in [0.2, 0.25) is 0 Å². The molecule has 0 aromatic rings. The molecule has 0 aromatic heterocycles. The first-order chi connectivity index (χ1) is 9.87. The molecule has 0 spiro atoms. The van der Waals surface area contributed by atoms with Crippen molar-refractivity contribution in [2.24, 2.45) is 5.92 Å². The molecule has 2 aliphatic rings. The van der Waals surface area contributed by atoms with Crippen LogP contribution in [0.4, 0.5) is 0 Å². The fourth-order valence-corrected chi connectivity index (χ4v) is 5.11. The van der Waals surface area contributed by atoms with Crippen LogP contribution in [0.1, 0.15) is 59.3 Å². The molecule has 0 bridgehead atoms. The lowest BCUT2D eigenvalue weighted by Gasteiger charge is -2.37. The highest BCUT2D eigenvalue weighted by atomic mass is 32.2. The van der Waals surface area contributed by atoms with E-state index >= 15 is 0 Å². The van der Waals surface area contributed by atoms with Gasteiger partial charge in [-0.3, -0.25) is 0 Å². The van der Waals surface area contributed by atoms with Crippen molar-refractivity contribution in [3.05, 3.63) is 0 Å². The van der Waals surface area contributed by atoms with Gasteiger partial charge in [0.25, 0.3) is 10.2 Å².